The summed E-state index contributed by atoms with van der Waals surface area (Å²) < 4.78 is 5.39. The fraction of sp³-hybridized carbons (Fsp3) is 0.925. The molecule has 0 aliphatic heterocycles. The number of rotatable bonds is 31. The Morgan fingerprint density at radius 1 is 0.714 bits per heavy atom. The molecule has 0 fully saturated rings. The van der Waals surface area contributed by atoms with Crippen LogP contribution in [0, 0.1) is 0 Å². The van der Waals surface area contributed by atoms with E-state index in [4.69, 9.17) is 4.74 Å². The van der Waals surface area contributed by atoms with Crippen molar-refractivity contribution in [2.75, 3.05) is 13.2 Å². The van der Waals surface area contributed by atoms with Crippen LogP contribution in [0.4, 0.5) is 4.79 Å². The van der Waals surface area contributed by atoms with Gasteiger partial charge >= 0.3 is 6.09 Å². The molecular formula is C40H78N2O7. The highest BCUT2D eigenvalue weighted by atomic mass is 16.5. The quantitative estimate of drug-likeness (QED) is 0.0289. The standard InChI is InChI=1S/C40H78N2O7/c1-3-5-6-7-8-9-10-11-12-13-14-15-16-17-18-19-20-21-22-23-24-27-30-49-40(48)42-35(37(45)31-33(43)4-2)32-41-34-28-25-26-29-36(44)39(47)38(34)46/h25,28,33-39,41,43-47H,3-24,26-27,29-32H2,1-2H3,(H,42,48). The molecule has 0 spiro atoms. The first-order valence-electron chi connectivity index (χ1n) is 20.5. The van der Waals surface area contributed by atoms with Crippen LogP contribution in [0.3, 0.4) is 0 Å². The van der Waals surface area contributed by atoms with Crippen LogP contribution in [0.2, 0.25) is 0 Å². The molecule has 9 nitrogen and oxygen atoms in total. The molecule has 7 atom stereocenters. The number of nitrogens with one attached hydrogen (secondary N) is 2. The molecule has 0 aromatic heterocycles. The van der Waals surface area contributed by atoms with Crippen molar-refractivity contribution in [3.8, 4) is 0 Å². The molecule has 1 amide bonds. The van der Waals surface area contributed by atoms with Crippen molar-refractivity contribution in [2.24, 2.45) is 0 Å². The fourth-order valence-corrected chi connectivity index (χ4v) is 6.65. The van der Waals surface area contributed by atoms with E-state index >= 15 is 0 Å². The van der Waals surface area contributed by atoms with Crippen molar-refractivity contribution in [1.82, 2.24) is 10.6 Å². The Bertz CT molecular complexity index is 786. The van der Waals surface area contributed by atoms with E-state index in [0.717, 1.165) is 19.3 Å². The van der Waals surface area contributed by atoms with Gasteiger partial charge in [0.15, 0.2) is 0 Å². The third kappa shape index (κ3) is 24.6. The maximum Gasteiger partial charge on any atom is 0.407 e. The van der Waals surface area contributed by atoms with Crippen LogP contribution in [-0.4, -0.2) is 87.4 Å². The number of hydrogen-bond donors (Lipinski definition) is 7. The Kier molecular flexibility index (Phi) is 29.4. The number of carbonyl (C=O) groups excluding carboxylic acids is 1. The Morgan fingerprint density at radius 2 is 1.18 bits per heavy atom. The van der Waals surface area contributed by atoms with E-state index in [1.54, 1.807) is 6.08 Å². The maximum absolute atomic E-state index is 12.6. The van der Waals surface area contributed by atoms with Crippen molar-refractivity contribution in [3.63, 3.8) is 0 Å². The summed E-state index contributed by atoms with van der Waals surface area (Å²) in [7, 11) is 0. The lowest BCUT2D eigenvalue weighted by molar-refractivity contribution is -0.0703. The Morgan fingerprint density at radius 3 is 1.65 bits per heavy atom. The summed E-state index contributed by atoms with van der Waals surface area (Å²) in [5, 5.41) is 57.4. The van der Waals surface area contributed by atoms with Gasteiger partial charge in [-0.25, -0.2) is 4.79 Å². The van der Waals surface area contributed by atoms with Crippen molar-refractivity contribution in [3.05, 3.63) is 12.2 Å². The molecule has 7 N–H and O–H groups in total. The van der Waals surface area contributed by atoms with Gasteiger partial charge < -0.3 is 40.9 Å². The lowest BCUT2D eigenvalue weighted by Gasteiger charge is -2.32. The van der Waals surface area contributed by atoms with Crippen LogP contribution < -0.4 is 10.6 Å². The molecule has 0 bridgehead atoms. The second-order valence-electron chi connectivity index (χ2n) is 14.7. The van der Waals surface area contributed by atoms with Gasteiger partial charge in [-0.15, -0.1) is 0 Å². The van der Waals surface area contributed by atoms with E-state index in [2.05, 4.69) is 17.6 Å². The van der Waals surface area contributed by atoms with Gasteiger partial charge in [-0.1, -0.05) is 161 Å². The number of unbranched alkanes of at least 4 members (excludes halogenated alkanes) is 21. The highest BCUT2D eigenvalue weighted by molar-refractivity contribution is 5.67. The predicted molar refractivity (Wildman–Crippen MR) is 201 cm³/mol. The minimum Gasteiger partial charge on any atom is -0.450 e. The zero-order valence-electron chi connectivity index (χ0n) is 31.5. The first kappa shape index (κ1) is 45.8. The highest BCUT2D eigenvalue weighted by Crippen LogP contribution is 2.17. The van der Waals surface area contributed by atoms with E-state index in [1.165, 1.54) is 122 Å². The lowest BCUT2D eigenvalue weighted by Crippen LogP contribution is -2.56. The molecule has 0 radical (unpaired) electrons. The zero-order valence-corrected chi connectivity index (χ0v) is 31.5. The molecule has 0 saturated carbocycles. The van der Waals surface area contributed by atoms with Gasteiger partial charge in [0.25, 0.3) is 0 Å². The van der Waals surface area contributed by atoms with Gasteiger partial charge in [0.05, 0.1) is 37.0 Å². The number of hydrogen-bond acceptors (Lipinski definition) is 8. The predicted octanol–water partition coefficient (Wildman–Crippen LogP) is 7.60. The van der Waals surface area contributed by atoms with Gasteiger partial charge in [-0.05, 0) is 25.7 Å². The summed E-state index contributed by atoms with van der Waals surface area (Å²) in [5.74, 6) is 0. The second-order valence-corrected chi connectivity index (χ2v) is 14.7. The third-order valence-corrected chi connectivity index (χ3v) is 10.1. The van der Waals surface area contributed by atoms with Crippen LogP contribution in [0.1, 0.15) is 181 Å². The summed E-state index contributed by atoms with van der Waals surface area (Å²) in [5.41, 5.74) is 0. The molecule has 9 heteroatoms. The molecule has 290 valence electrons. The molecule has 1 aliphatic carbocycles. The lowest BCUT2D eigenvalue weighted by atomic mass is 9.94. The van der Waals surface area contributed by atoms with E-state index in [-0.39, 0.29) is 13.0 Å². The van der Waals surface area contributed by atoms with Crippen molar-refractivity contribution in [2.45, 2.75) is 223 Å². The largest absolute Gasteiger partial charge is 0.450 e. The Labute approximate surface area is 300 Å². The van der Waals surface area contributed by atoms with Gasteiger partial charge in [-0.2, -0.15) is 0 Å². The molecule has 0 aromatic carbocycles. The van der Waals surface area contributed by atoms with Crippen LogP contribution in [0.5, 0.6) is 0 Å². The van der Waals surface area contributed by atoms with E-state index in [9.17, 15) is 30.3 Å². The summed E-state index contributed by atoms with van der Waals surface area (Å²) >= 11 is 0. The fourth-order valence-electron chi connectivity index (χ4n) is 6.65. The highest BCUT2D eigenvalue weighted by Gasteiger charge is 2.32. The number of alkyl carbamates (subject to hydrolysis) is 1. The Hall–Kier alpha value is -1.23. The number of aliphatic hydroxyl groups is 5. The number of allylic oxidation sites excluding steroid dienone is 1. The average molecular weight is 699 g/mol. The summed E-state index contributed by atoms with van der Waals surface area (Å²) in [6.45, 7) is 4.47. The minimum atomic E-state index is -1.32. The average Bonchev–Trinajstić information content (AvgIpc) is 3.09. The summed E-state index contributed by atoms with van der Waals surface area (Å²) in [4.78, 5) is 12.6. The normalized spacial score (nSPS) is 21.5. The molecule has 49 heavy (non-hydrogen) atoms. The third-order valence-electron chi connectivity index (χ3n) is 10.1. The van der Waals surface area contributed by atoms with Crippen LogP contribution >= 0.6 is 0 Å². The van der Waals surface area contributed by atoms with Gasteiger partial charge in [0.2, 0.25) is 0 Å². The van der Waals surface area contributed by atoms with Crippen LogP contribution in [0.15, 0.2) is 12.2 Å². The monoisotopic (exact) mass is 699 g/mol. The molecule has 1 aliphatic rings. The first-order valence-corrected chi connectivity index (χ1v) is 20.5. The number of ether oxygens (including phenoxy) is 1. The Balaban J connectivity index is 2.10. The van der Waals surface area contributed by atoms with Crippen molar-refractivity contribution < 1.29 is 35.1 Å². The SMILES string of the molecule is CCCCCCCCCCCCCCCCCCCCCCCCOC(=O)NC(CNC1C=CCCC(O)C(O)C1O)C(O)CC(O)CC. The van der Waals surface area contributed by atoms with E-state index in [0.29, 0.717) is 25.9 Å². The van der Waals surface area contributed by atoms with Crippen LogP contribution in [0.25, 0.3) is 0 Å². The summed E-state index contributed by atoms with van der Waals surface area (Å²) in [6, 6.07) is -1.47. The van der Waals surface area contributed by atoms with Crippen LogP contribution in [-0.2, 0) is 4.74 Å². The van der Waals surface area contributed by atoms with Gasteiger partial charge in [0.1, 0.15) is 12.2 Å². The van der Waals surface area contributed by atoms with Crippen molar-refractivity contribution in [1.29, 1.82) is 0 Å². The number of carbonyl (C=O) groups is 1. The van der Waals surface area contributed by atoms with E-state index in [1.807, 2.05) is 13.0 Å². The molecule has 0 saturated heterocycles. The smallest absolute Gasteiger partial charge is 0.407 e. The zero-order chi connectivity index (χ0) is 36.0. The number of aliphatic hydroxyl groups excluding tert-OH is 5. The molecule has 1 rings (SSSR count). The summed E-state index contributed by atoms with van der Waals surface area (Å²) in [6.07, 6.45) is 28.1. The molecule has 0 heterocycles. The first-order chi connectivity index (χ1) is 23.8. The molecule has 0 aromatic rings. The van der Waals surface area contributed by atoms with E-state index < -0.39 is 48.7 Å². The maximum atomic E-state index is 12.6. The minimum absolute atomic E-state index is 0.0704. The molecular weight excluding hydrogens is 620 g/mol. The van der Waals surface area contributed by atoms with Gasteiger partial charge in [0, 0.05) is 13.0 Å². The van der Waals surface area contributed by atoms with Gasteiger partial charge in [-0.3, -0.25) is 0 Å². The number of amides is 1. The topological polar surface area (TPSA) is 152 Å². The second kappa shape index (κ2) is 31.5. The molecule has 7 unspecified atom stereocenters. The van der Waals surface area contributed by atoms with Crippen molar-refractivity contribution >= 4 is 6.09 Å².